The van der Waals surface area contributed by atoms with Gasteiger partial charge in [-0.15, -0.1) is 0 Å². The molecule has 1 saturated heterocycles. The molecule has 1 aromatic rings. The molecule has 0 unspecified atom stereocenters. The first-order valence-corrected chi connectivity index (χ1v) is 13.5. The summed E-state index contributed by atoms with van der Waals surface area (Å²) in [6.07, 6.45) is 5.42. The van der Waals surface area contributed by atoms with E-state index in [2.05, 4.69) is 36.7 Å². The number of fused-ring (bicyclic) bond motifs is 1. The SMILES string of the molecule is CCOC(=O)C(C/C(Br)=C/c1ccccc1)(C[C@H]1O[C@H]2CCCC[C@]2(C)C(C)(C)O1)C(=O)OCC. The molecule has 0 N–H and O–H groups in total. The summed E-state index contributed by atoms with van der Waals surface area (Å²) in [6.45, 7) is 10.2. The van der Waals surface area contributed by atoms with Gasteiger partial charge in [0.15, 0.2) is 11.7 Å². The zero-order chi connectivity index (χ0) is 25.7. The summed E-state index contributed by atoms with van der Waals surface area (Å²) in [5.74, 6) is -1.25. The predicted octanol–water partition coefficient (Wildman–Crippen LogP) is 6.42. The van der Waals surface area contributed by atoms with Gasteiger partial charge < -0.3 is 18.9 Å². The summed E-state index contributed by atoms with van der Waals surface area (Å²) < 4.78 is 24.5. The van der Waals surface area contributed by atoms with Crippen molar-refractivity contribution in [2.24, 2.45) is 10.8 Å². The second-order valence-corrected chi connectivity index (χ2v) is 11.3. The molecule has 3 rings (SSSR count). The third kappa shape index (κ3) is 6.00. The third-order valence-electron chi connectivity index (χ3n) is 7.68. The van der Waals surface area contributed by atoms with Crippen molar-refractivity contribution in [2.45, 2.75) is 91.1 Å². The Labute approximate surface area is 217 Å². The van der Waals surface area contributed by atoms with Crippen LogP contribution in [-0.2, 0) is 28.5 Å². The fourth-order valence-corrected chi connectivity index (χ4v) is 6.07. The van der Waals surface area contributed by atoms with Crippen LogP contribution in [-0.4, -0.2) is 43.1 Å². The Kier molecular flexibility index (Phi) is 9.22. The van der Waals surface area contributed by atoms with Crippen molar-refractivity contribution >= 4 is 33.9 Å². The quantitative estimate of drug-likeness (QED) is 0.261. The molecule has 2 fully saturated rings. The highest BCUT2D eigenvalue weighted by Crippen LogP contribution is 2.53. The smallest absolute Gasteiger partial charge is 0.324 e. The molecule has 0 amide bonds. The second kappa shape index (κ2) is 11.6. The number of benzene rings is 1. The van der Waals surface area contributed by atoms with Gasteiger partial charge in [-0.2, -0.15) is 0 Å². The number of esters is 2. The van der Waals surface area contributed by atoms with E-state index in [0.29, 0.717) is 4.48 Å². The van der Waals surface area contributed by atoms with E-state index >= 15 is 0 Å². The maximum Gasteiger partial charge on any atom is 0.324 e. The van der Waals surface area contributed by atoms with Crippen LogP contribution in [0.25, 0.3) is 6.08 Å². The van der Waals surface area contributed by atoms with Gasteiger partial charge in [-0.3, -0.25) is 9.59 Å². The summed E-state index contributed by atoms with van der Waals surface area (Å²) >= 11 is 3.60. The molecular weight excluding hydrogens is 512 g/mol. The molecular formula is C28H39BrO6. The minimum absolute atomic E-state index is 0.00427. The highest BCUT2D eigenvalue weighted by atomic mass is 79.9. The van der Waals surface area contributed by atoms with Crippen molar-refractivity contribution in [3.63, 3.8) is 0 Å². The number of ether oxygens (including phenoxy) is 4. The second-order valence-electron chi connectivity index (χ2n) is 10.3. The molecule has 3 atom stereocenters. The van der Waals surface area contributed by atoms with Gasteiger partial charge in [0.05, 0.1) is 24.9 Å². The summed E-state index contributed by atoms with van der Waals surface area (Å²) in [5.41, 5.74) is -1.27. The number of carbonyl (C=O) groups excluding carboxylic acids is 2. The van der Waals surface area contributed by atoms with E-state index in [4.69, 9.17) is 18.9 Å². The molecule has 1 saturated carbocycles. The summed E-state index contributed by atoms with van der Waals surface area (Å²) in [5, 5.41) is 0. The standard InChI is InChI=1S/C28H39BrO6/c1-6-32-24(30)28(25(31)33-7-2,18-21(29)17-20-13-9-8-10-14-20)19-23-34-22-15-11-12-16-27(22,5)26(3,4)35-23/h8-10,13-14,17,22-23H,6-7,11-12,15-16,18-19H2,1-5H3/b21-17-/t22-,23-,27-/m0/s1. The molecule has 1 aliphatic carbocycles. The fourth-order valence-electron chi connectivity index (χ4n) is 5.33. The zero-order valence-corrected chi connectivity index (χ0v) is 23.2. The molecule has 2 aliphatic rings. The van der Waals surface area contributed by atoms with E-state index in [0.717, 1.165) is 31.2 Å². The minimum Gasteiger partial charge on any atom is -0.465 e. The van der Waals surface area contributed by atoms with E-state index in [1.807, 2.05) is 36.4 Å². The van der Waals surface area contributed by atoms with Crippen LogP contribution in [0.4, 0.5) is 0 Å². The van der Waals surface area contributed by atoms with Gasteiger partial charge in [0, 0.05) is 18.3 Å². The van der Waals surface area contributed by atoms with Crippen molar-refractivity contribution in [1.29, 1.82) is 0 Å². The van der Waals surface area contributed by atoms with Gasteiger partial charge in [0.2, 0.25) is 0 Å². The number of hydrogen-bond donors (Lipinski definition) is 0. The Hall–Kier alpha value is -1.70. The number of halogens is 1. The fraction of sp³-hybridized carbons (Fsp3) is 0.643. The normalized spacial score (nSPS) is 26.5. The first kappa shape index (κ1) is 27.9. The molecule has 1 aliphatic heterocycles. The maximum atomic E-state index is 13.5. The number of rotatable bonds is 9. The van der Waals surface area contributed by atoms with Gasteiger partial charge in [-0.05, 0) is 56.7 Å². The largest absolute Gasteiger partial charge is 0.465 e. The van der Waals surface area contributed by atoms with Crippen molar-refractivity contribution in [1.82, 2.24) is 0 Å². The van der Waals surface area contributed by atoms with Crippen LogP contribution in [0.2, 0.25) is 0 Å². The molecule has 0 bridgehead atoms. The van der Waals surface area contributed by atoms with Crippen molar-refractivity contribution in [2.75, 3.05) is 13.2 Å². The molecule has 1 aromatic carbocycles. The predicted molar refractivity (Wildman–Crippen MR) is 139 cm³/mol. The van der Waals surface area contributed by atoms with Crippen LogP contribution < -0.4 is 0 Å². The Morgan fingerprint density at radius 3 is 2.31 bits per heavy atom. The number of carbonyl (C=O) groups is 2. The van der Waals surface area contributed by atoms with Crippen LogP contribution in [0.3, 0.4) is 0 Å². The monoisotopic (exact) mass is 550 g/mol. The number of allylic oxidation sites excluding steroid dienone is 1. The van der Waals surface area contributed by atoms with Gasteiger partial charge in [0.25, 0.3) is 0 Å². The summed E-state index contributed by atoms with van der Waals surface area (Å²) in [6, 6.07) is 9.71. The summed E-state index contributed by atoms with van der Waals surface area (Å²) in [7, 11) is 0. The molecule has 35 heavy (non-hydrogen) atoms. The van der Waals surface area contributed by atoms with Crippen molar-refractivity contribution in [3.8, 4) is 0 Å². The lowest BCUT2D eigenvalue weighted by atomic mass is 9.63. The molecule has 7 heteroatoms. The average Bonchev–Trinajstić information content (AvgIpc) is 2.80. The van der Waals surface area contributed by atoms with Crippen molar-refractivity contribution < 1.29 is 28.5 Å². The third-order valence-corrected chi connectivity index (χ3v) is 8.19. The highest BCUT2D eigenvalue weighted by Gasteiger charge is 2.58. The van der Waals surface area contributed by atoms with E-state index < -0.39 is 29.2 Å². The first-order valence-electron chi connectivity index (χ1n) is 12.7. The van der Waals surface area contributed by atoms with Crippen LogP contribution in [0.5, 0.6) is 0 Å². The number of hydrogen-bond acceptors (Lipinski definition) is 6. The lowest BCUT2D eigenvalue weighted by molar-refractivity contribution is -0.343. The van der Waals surface area contributed by atoms with E-state index in [1.54, 1.807) is 13.8 Å². The Morgan fingerprint density at radius 1 is 1.09 bits per heavy atom. The minimum atomic E-state index is -1.61. The molecule has 0 spiro atoms. The molecule has 0 radical (unpaired) electrons. The first-order chi connectivity index (χ1) is 16.6. The molecule has 6 nitrogen and oxygen atoms in total. The van der Waals surface area contributed by atoms with E-state index in [1.165, 1.54) is 0 Å². The molecule has 0 aromatic heterocycles. The lowest BCUT2D eigenvalue weighted by Crippen LogP contribution is -2.61. The van der Waals surface area contributed by atoms with Crippen LogP contribution in [0, 0.1) is 10.8 Å². The van der Waals surface area contributed by atoms with Crippen LogP contribution >= 0.6 is 15.9 Å². The molecule has 1 heterocycles. The van der Waals surface area contributed by atoms with Crippen LogP contribution in [0.15, 0.2) is 34.8 Å². The highest BCUT2D eigenvalue weighted by molar-refractivity contribution is 9.11. The Balaban J connectivity index is 1.97. The average molecular weight is 552 g/mol. The van der Waals surface area contributed by atoms with E-state index in [9.17, 15) is 9.59 Å². The Morgan fingerprint density at radius 2 is 1.71 bits per heavy atom. The van der Waals surface area contributed by atoms with Gasteiger partial charge >= 0.3 is 11.9 Å². The molecule has 194 valence electrons. The summed E-state index contributed by atoms with van der Waals surface area (Å²) in [4.78, 5) is 26.9. The van der Waals surface area contributed by atoms with Gasteiger partial charge in [-0.25, -0.2) is 0 Å². The van der Waals surface area contributed by atoms with Gasteiger partial charge in [-0.1, -0.05) is 66.0 Å². The van der Waals surface area contributed by atoms with E-state index in [-0.39, 0.29) is 37.6 Å². The maximum absolute atomic E-state index is 13.5. The zero-order valence-electron chi connectivity index (χ0n) is 21.6. The van der Waals surface area contributed by atoms with Gasteiger partial charge in [0.1, 0.15) is 0 Å². The van der Waals surface area contributed by atoms with Crippen molar-refractivity contribution in [3.05, 3.63) is 40.4 Å². The van der Waals surface area contributed by atoms with Crippen LogP contribution in [0.1, 0.15) is 78.7 Å². The Bertz CT molecular complexity index is 893. The lowest BCUT2D eigenvalue weighted by Gasteiger charge is -2.57. The topological polar surface area (TPSA) is 71.1 Å².